The van der Waals surface area contributed by atoms with Crippen molar-refractivity contribution in [3.63, 3.8) is 0 Å². The Labute approximate surface area is 174 Å². The molecule has 0 aliphatic carbocycles. The van der Waals surface area contributed by atoms with Gasteiger partial charge in [-0.25, -0.2) is 0 Å². The SMILES string of the molecule is CCN1CCCC(CNC(=NC)NCc2ccc(OC)c(OC)c2)C1.I. The maximum Gasteiger partial charge on any atom is 0.191 e. The quantitative estimate of drug-likeness (QED) is 0.360. The van der Waals surface area contributed by atoms with E-state index in [1.54, 1.807) is 14.2 Å². The van der Waals surface area contributed by atoms with Gasteiger partial charge in [0.05, 0.1) is 14.2 Å². The summed E-state index contributed by atoms with van der Waals surface area (Å²) in [6, 6.07) is 5.94. The van der Waals surface area contributed by atoms with Gasteiger partial charge in [-0.15, -0.1) is 24.0 Å². The third-order valence-electron chi connectivity index (χ3n) is 4.74. The molecule has 0 aromatic heterocycles. The van der Waals surface area contributed by atoms with Crippen LogP contribution in [0.3, 0.4) is 0 Å². The number of piperidine rings is 1. The van der Waals surface area contributed by atoms with E-state index in [2.05, 4.69) is 27.4 Å². The fourth-order valence-corrected chi connectivity index (χ4v) is 3.24. The van der Waals surface area contributed by atoms with Crippen molar-refractivity contribution in [1.29, 1.82) is 0 Å². The van der Waals surface area contributed by atoms with Crippen LogP contribution >= 0.6 is 24.0 Å². The van der Waals surface area contributed by atoms with E-state index < -0.39 is 0 Å². The molecule has 148 valence electrons. The van der Waals surface area contributed by atoms with Crippen LogP contribution in [0.1, 0.15) is 25.3 Å². The summed E-state index contributed by atoms with van der Waals surface area (Å²) in [6.07, 6.45) is 2.58. The van der Waals surface area contributed by atoms with E-state index in [0.29, 0.717) is 12.5 Å². The van der Waals surface area contributed by atoms with Crippen LogP contribution in [0.25, 0.3) is 0 Å². The fraction of sp³-hybridized carbons (Fsp3) is 0.632. The Morgan fingerprint density at radius 2 is 2.00 bits per heavy atom. The largest absolute Gasteiger partial charge is 0.493 e. The highest BCUT2D eigenvalue weighted by Crippen LogP contribution is 2.27. The van der Waals surface area contributed by atoms with Crippen molar-refractivity contribution in [1.82, 2.24) is 15.5 Å². The standard InChI is InChI=1S/C19H32N4O2.HI/c1-5-23-10-6-7-16(14-23)13-22-19(20-2)21-12-15-8-9-17(24-3)18(11-15)25-4;/h8-9,11,16H,5-7,10,12-14H2,1-4H3,(H2,20,21,22);1H. The van der Waals surface area contributed by atoms with Crippen LogP contribution < -0.4 is 20.1 Å². The monoisotopic (exact) mass is 476 g/mol. The number of aliphatic imine (C=N–C) groups is 1. The van der Waals surface area contributed by atoms with E-state index in [1.807, 2.05) is 25.2 Å². The van der Waals surface area contributed by atoms with Crippen molar-refractivity contribution in [3.05, 3.63) is 23.8 Å². The summed E-state index contributed by atoms with van der Waals surface area (Å²) < 4.78 is 10.6. The van der Waals surface area contributed by atoms with Crippen LogP contribution in [-0.4, -0.2) is 58.3 Å². The van der Waals surface area contributed by atoms with E-state index in [-0.39, 0.29) is 24.0 Å². The molecule has 0 saturated carbocycles. The average molecular weight is 476 g/mol. The lowest BCUT2D eigenvalue weighted by Gasteiger charge is -2.32. The van der Waals surface area contributed by atoms with Crippen LogP contribution in [-0.2, 0) is 6.54 Å². The van der Waals surface area contributed by atoms with Gasteiger partial charge in [0, 0.05) is 26.7 Å². The number of hydrogen-bond acceptors (Lipinski definition) is 4. The van der Waals surface area contributed by atoms with Crippen LogP contribution in [0.2, 0.25) is 0 Å². The first-order valence-corrected chi connectivity index (χ1v) is 9.07. The first kappa shape index (κ1) is 22.8. The Morgan fingerprint density at radius 1 is 1.23 bits per heavy atom. The number of hydrogen-bond donors (Lipinski definition) is 2. The average Bonchev–Trinajstić information content (AvgIpc) is 2.68. The number of benzene rings is 1. The minimum Gasteiger partial charge on any atom is -0.493 e. The zero-order chi connectivity index (χ0) is 18.1. The van der Waals surface area contributed by atoms with E-state index in [9.17, 15) is 0 Å². The second kappa shape index (κ2) is 12.2. The molecule has 0 bridgehead atoms. The molecular weight excluding hydrogens is 443 g/mol. The highest BCUT2D eigenvalue weighted by molar-refractivity contribution is 14.0. The number of likely N-dealkylation sites (tertiary alicyclic amines) is 1. The number of ether oxygens (including phenoxy) is 2. The summed E-state index contributed by atoms with van der Waals surface area (Å²) >= 11 is 0. The van der Waals surface area contributed by atoms with Gasteiger partial charge in [0.2, 0.25) is 0 Å². The summed E-state index contributed by atoms with van der Waals surface area (Å²) in [5, 5.41) is 6.83. The lowest BCUT2D eigenvalue weighted by Crippen LogP contribution is -2.44. The van der Waals surface area contributed by atoms with Gasteiger partial charge in [0.25, 0.3) is 0 Å². The van der Waals surface area contributed by atoms with E-state index >= 15 is 0 Å². The maximum absolute atomic E-state index is 5.35. The predicted molar refractivity (Wildman–Crippen MR) is 118 cm³/mol. The Bertz CT molecular complexity index is 568. The first-order chi connectivity index (χ1) is 12.2. The molecule has 1 heterocycles. The fourth-order valence-electron chi connectivity index (χ4n) is 3.24. The third-order valence-corrected chi connectivity index (χ3v) is 4.74. The molecular formula is C19H33IN4O2. The molecule has 1 atom stereocenters. The number of nitrogens with zero attached hydrogens (tertiary/aromatic N) is 2. The van der Waals surface area contributed by atoms with Crippen molar-refractivity contribution in [3.8, 4) is 11.5 Å². The minimum absolute atomic E-state index is 0. The number of nitrogens with one attached hydrogen (secondary N) is 2. The normalized spacial score (nSPS) is 18.0. The van der Waals surface area contributed by atoms with Gasteiger partial charge in [-0.05, 0) is 49.5 Å². The van der Waals surface area contributed by atoms with Gasteiger partial charge in [0.1, 0.15) is 0 Å². The van der Waals surface area contributed by atoms with Crippen LogP contribution in [0, 0.1) is 5.92 Å². The summed E-state index contributed by atoms with van der Waals surface area (Å²) in [5.41, 5.74) is 1.12. The number of methoxy groups -OCH3 is 2. The van der Waals surface area contributed by atoms with Gasteiger partial charge in [-0.2, -0.15) is 0 Å². The van der Waals surface area contributed by atoms with Gasteiger partial charge in [0.15, 0.2) is 17.5 Å². The predicted octanol–water partition coefficient (Wildman–Crippen LogP) is 2.72. The van der Waals surface area contributed by atoms with Crippen LogP contribution in [0.15, 0.2) is 23.2 Å². The number of halogens is 1. The van der Waals surface area contributed by atoms with Crippen molar-refractivity contribution in [2.45, 2.75) is 26.3 Å². The molecule has 1 aliphatic heterocycles. The summed E-state index contributed by atoms with van der Waals surface area (Å²) in [6.45, 7) is 7.44. The maximum atomic E-state index is 5.35. The topological polar surface area (TPSA) is 58.1 Å². The molecule has 0 amide bonds. The molecule has 2 rings (SSSR count). The first-order valence-electron chi connectivity index (χ1n) is 9.07. The molecule has 1 aromatic rings. The Balaban J connectivity index is 0.00000338. The molecule has 1 unspecified atom stereocenters. The molecule has 1 aromatic carbocycles. The van der Waals surface area contributed by atoms with E-state index in [4.69, 9.17) is 9.47 Å². The molecule has 1 aliphatic rings. The Morgan fingerprint density at radius 3 is 2.65 bits per heavy atom. The molecule has 6 nitrogen and oxygen atoms in total. The Hall–Kier alpha value is -1.22. The zero-order valence-electron chi connectivity index (χ0n) is 16.4. The van der Waals surface area contributed by atoms with Gasteiger partial charge >= 0.3 is 0 Å². The molecule has 2 N–H and O–H groups in total. The lowest BCUT2D eigenvalue weighted by molar-refractivity contribution is 0.183. The van der Waals surface area contributed by atoms with Crippen molar-refractivity contribution in [2.75, 3.05) is 47.4 Å². The summed E-state index contributed by atoms with van der Waals surface area (Å²) in [5.74, 6) is 3.01. The zero-order valence-corrected chi connectivity index (χ0v) is 18.7. The van der Waals surface area contributed by atoms with Gasteiger partial charge < -0.3 is 25.0 Å². The summed E-state index contributed by atoms with van der Waals surface area (Å²) in [4.78, 5) is 6.85. The van der Waals surface area contributed by atoms with Crippen molar-refractivity contribution in [2.24, 2.45) is 10.9 Å². The van der Waals surface area contributed by atoms with Crippen molar-refractivity contribution < 1.29 is 9.47 Å². The number of rotatable bonds is 7. The highest BCUT2D eigenvalue weighted by Gasteiger charge is 2.18. The lowest BCUT2D eigenvalue weighted by atomic mass is 9.98. The van der Waals surface area contributed by atoms with Crippen molar-refractivity contribution >= 4 is 29.9 Å². The van der Waals surface area contributed by atoms with Gasteiger partial charge in [-0.3, -0.25) is 4.99 Å². The number of guanidine groups is 1. The van der Waals surface area contributed by atoms with E-state index in [1.165, 1.54) is 25.9 Å². The Kier molecular flexibility index (Phi) is 10.7. The molecule has 7 heteroatoms. The molecule has 1 saturated heterocycles. The molecule has 0 radical (unpaired) electrons. The second-order valence-corrected chi connectivity index (χ2v) is 6.40. The van der Waals surface area contributed by atoms with Gasteiger partial charge in [-0.1, -0.05) is 13.0 Å². The van der Waals surface area contributed by atoms with E-state index in [0.717, 1.165) is 36.1 Å². The molecule has 0 spiro atoms. The third kappa shape index (κ3) is 6.83. The molecule has 26 heavy (non-hydrogen) atoms. The summed E-state index contributed by atoms with van der Waals surface area (Å²) in [7, 11) is 5.11. The minimum atomic E-state index is 0. The smallest absolute Gasteiger partial charge is 0.191 e. The molecule has 1 fully saturated rings. The van der Waals surface area contributed by atoms with Crippen LogP contribution in [0.5, 0.6) is 11.5 Å². The van der Waals surface area contributed by atoms with Crippen LogP contribution in [0.4, 0.5) is 0 Å². The second-order valence-electron chi connectivity index (χ2n) is 6.40. The highest BCUT2D eigenvalue weighted by atomic mass is 127.